The largest absolute Gasteiger partial charge is 0.325 e. The summed E-state index contributed by atoms with van der Waals surface area (Å²) in [5.74, 6) is 0. The first-order chi connectivity index (χ1) is 9.94. The summed E-state index contributed by atoms with van der Waals surface area (Å²) in [6.45, 7) is 1.73. The lowest BCUT2D eigenvalue weighted by atomic mass is 10.0. The molecule has 108 valence electrons. The van der Waals surface area contributed by atoms with Gasteiger partial charge in [0.15, 0.2) is 0 Å². The molecule has 0 aliphatic heterocycles. The molecule has 0 saturated carbocycles. The Balaban J connectivity index is 1.94. The molecule has 1 aliphatic rings. The molecule has 3 rings (SSSR count). The van der Waals surface area contributed by atoms with Crippen molar-refractivity contribution in [2.45, 2.75) is 13.3 Å². The van der Waals surface area contributed by atoms with Crippen molar-refractivity contribution in [3.05, 3.63) is 59.2 Å². The molecule has 5 heteroatoms. The third-order valence-electron chi connectivity index (χ3n) is 3.52. The molecule has 2 aromatic rings. The molecular formula is C16H15NO3S. The fourth-order valence-corrected chi connectivity index (χ4v) is 2.79. The minimum atomic E-state index is -3.57. The fourth-order valence-electron chi connectivity index (χ4n) is 2.55. The maximum absolute atomic E-state index is 11.0. The van der Waals surface area contributed by atoms with Crippen LogP contribution in [0.5, 0.6) is 0 Å². The van der Waals surface area contributed by atoms with Crippen molar-refractivity contribution in [3.8, 4) is 11.1 Å². The second-order valence-corrected chi connectivity index (χ2v) is 6.72. The molecule has 4 nitrogen and oxygen atoms in total. The number of rotatable bonds is 3. The molecule has 0 bridgehead atoms. The highest BCUT2D eigenvalue weighted by atomic mass is 32.2. The van der Waals surface area contributed by atoms with Crippen LogP contribution in [0.25, 0.3) is 11.1 Å². The topological polar surface area (TPSA) is 55.7 Å². The van der Waals surface area contributed by atoms with Crippen molar-refractivity contribution in [2.24, 2.45) is 5.16 Å². The van der Waals surface area contributed by atoms with Gasteiger partial charge in [0.05, 0.1) is 12.0 Å². The van der Waals surface area contributed by atoms with Crippen LogP contribution in [0, 0.1) is 0 Å². The minimum absolute atomic E-state index is 0.541. The summed E-state index contributed by atoms with van der Waals surface area (Å²) in [4.78, 5) is 0. The van der Waals surface area contributed by atoms with E-state index in [-0.39, 0.29) is 0 Å². The van der Waals surface area contributed by atoms with Crippen molar-refractivity contribution < 1.29 is 12.7 Å². The number of fused-ring (bicyclic) bond motifs is 3. The van der Waals surface area contributed by atoms with Gasteiger partial charge >= 0.3 is 10.1 Å². The van der Waals surface area contributed by atoms with Crippen LogP contribution in [0.3, 0.4) is 0 Å². The molecule has 1 aliphatic carbocycles. The van der Waals surface area contributed by atoms with Crippen molar-refractivity contribution >= 4 is 15.8 Å². The smallest absolute Gasteiger partial charge is 0.268 e. The summed E-state index contributed by atoms with van der Waals surface area (Å²) in [5.41, 5.74) is 6.44. The SMILES string of the molecule is C/C(=N\OS(C)(=O)=O)c1ccc2c(c1)Cc1ccccc1-2. The van der Waals surface area contributed by atoms with E-state index >= 15 is 0 Å². The van der Waals surface area contributed by atoms with Crippen molar-refractivity contribution in [1.82, 2.24) is 0 Å². The Morgan fingerprint density at radius 2 is 1.81 bits per heavy atom. The molecule has 2 aromatic carbocycles. The van der Waals surface area contributed by atoms with Crippen molar-refractivity contribution in [1.29, 1.82) is 0 Å². The highest BCUT2D eigenvalue weighted by Gasteiger charge is 2.18. The summed E-state index contributed by atoms with van der Waals surface area (Å²) in [6, 6.07) is 14.4. The van der Waals surface area contributed by atoms with Crippen LogP contribution in [0.4, 0.5) is 0 Å². The summed E-state index contributed by atoms with van der Waals surface area (Å²) < 4.78 is 26.4. The predicted octanol–water partition coefficient (Wildman–Crippen LogP) is 2.96. The quantitative estimate of drug-likeness (QED) is 0.552. The van der Waals surface area contributed by atoms with E-state index in [1.807, 2.05) is 24.3 Å². The summed E-state index contributed by atoms with van der Waals surface area (Å²) in [7, 11) is -3.57. The number of oxime groups is 1. The highest BCUT2D eigenvalue weighted by Crippen LogP contribution is 2.36. The monoisotopic (exact) mass is 301 g/mol. The molecule has 0 heterocycles. The zero-order valence-electron chi connectivity index (χ0n) is 11.8. The van der Waals surface area contributed by atoms with E-state index in [0.29, 0.717) is 5.71 Å². The van der Waals surface area contributed by atoms with E-state index in [2.05, 4.69) is 27.6 Å². The van der Waals surface area contributed by atoms with Gasteiger partial charge < -0.3 is 0 Å². The lowest BCUT2D eigenvalue weighted by Gasteiger charge is -2.05. The molecule has 0 saturated heterocycles. The molecule has 0 radical (unpaired) electrons. The van der Waals surface area contributed by atoms with Crippen LogP contribution in [0.2, 0.25) is 0 Å². The number of benzene rings is 2. The summed E-state index contributed by atoms with van der Waals surface area (Å²) in [5, 5.41) is 3.67. The van der Waals surface area contributed by atoms with Crippen LogP contribution in [-0.2, 0) is 20.8 Å². The van der Waals surface area contributed by atoms with Gasteiger partial charge in [-0.3, -0.25) is 4.28 Å². The molecule has 0 N–H and O–H groups in total. The molecule has 0 atom stereocenters. The Morgan fingerprint density at radius 1 is 1.10 bits per heavy atom. The van der Waals surface area contributed by atoms with Gasteiger partial charge in [-0.15, -0.1) is 0 Å². The van der Waals surface area contributed by atoms with Crippen LogP contribution >= 0.6 is 0 Å². The number of hydrogen-bond donors (Lipinski definition) is 0. The normalized spacial score (nSPS) is 13.7. The Hall–Kier alpha value is -2.14. The van der Waals surface area contributed by atoms with Gasteiger partial charge in [0.1, 0.15) is 0 Å². The predicted molar refractivity (Wildman–Crippen MR) is 82.8 cm³/mol. The average molecular weight is 301 g/mol. The second-order valence-electron chi connectivity index (χ2n) is 5.16. The molecule has 21 heavy (non-hydrogen) atoms. The van der Waals surface area contributed by atoms with Crippen LogP contribution in [0.15, 0.2) is 47.6 Å². The van der Waals surface area contributed by atoms with Crippen LogP contribution < -0.4 is 0 Å². The molecule has 0 fully saturated rings. The molecule has 0 amide bonds. The van der Waals surface area contributed by atoms with E-state index in [9.17, 15) is 8.42 Å². The molecule has 0 aromatic heterocycles. The van der Waals surface area contributed by atoms with Gasteiger partial charge in [-0.2, -0.15) is 8.42 Å². The Morgan fingerprint density at radius 3 is 2.57 bits per heavy atom. The van der Waals surface area contributed by atoms with E-state index < -0.39 is 10.1 Å². The average Bonchev–Trinajstić information content (AvgIpc) is 2.81. The first-order valence-electron chi connectivity index (χ1n) is 6.59. The first kappa shape index (κ1) is 13.8. The highest BCUT2D eigenvalue weighted by molar-refractivity contribution is 7.85. The Labute approximate surface area is 124 Å². The standard InChI is InChI=1S/C16H15NO3S/c1-11(17-20-21(2,18)19)12-7-8-16-14(9-12)10-13-5-3-4-6-15(13)16/h3-9H,10H2,1-2H3/b17-11+. The van der Waals surface area contributed by atoms with Crippen molar-refractivity contribution in [2.75, 3.05) is 6.26 Å². The zero-order valence-corrected chi connectivity index (χ0v) is 12.6. The van der Waals surface area contributed by atoms with E-state index in [1.54, 1.807) is 6.92 Å². The van der Waals surface area contributed by atoms with E-state index in [1.165, 1.54) is 22.3 Å². The Kier molecular flexibility index (Phi) is 3.29. The summed E-state index contributed by atoms with van der Waals surface area (Å²) in [6.07, 6.45) is 1.86. The van der Waals surface area contributed by atoms with Gasteiger partial charge in [-0.25, -0.2) is 0 Å². The molecular weight excluding hydrogens is 286 g/mol. The fraction of sp³-hybridized carbons (Fsp3) is 0.188. The molecule has 0 spiro atoms. The van der Waals surface area contributed by atoms with Crippen LogP contribution in [-0.4, -0.2) is 20.4 Å². The maximum Gasteiger partial charge on any atom is 0.325 e. The van der Waals surface area contributed by atoms with Crippen molar-refractivity contribution in [3.63, 3.8) is 0 Å². The van der Waals surface area contributed by atoms with Gasteiger partial charge in [0.25, 0.3) is 0 Å². The van der Waals surface area contributed by atoms with Gasteiger partial charge in [0.2, 0.25) is 0 Å². The van der Waals surface area contributed by atoms with Gasteiger partial charge in [-0.1, -0.05) is 41.6 Å². The lowest BCUT2D eigenvalue weighted by Crippen LogP contribution is -2.02. The lowest BCUT2D eigenvalue weighted by molar-refractivity contribution is 0.343. The van der Waals surface area contributed by atoms with Crippen LogP contribution in [0.1, 0.15) is 23.6 Å². The zero-order chi connectivity index (χ0) is 15.0. The number of hydrogen-bond acceptors (Lipinski definition) is 4. The molecule has 0 unspecified atom stereocenters. The van der Waals surface area contributed by atoms with E-state index in [4.69, 9.17) is 0 Å². The van der Waals surface area contributed by atoms with Gasteiger partial charge in [-0.05, 0) is 47.2 Å². The first-order valence-corrected chi connectivity index (χ1v) is 8.40. The van der Waals surface area contributed by atoms with E-state index in [0.717, 1.165) is 18.2 Å². The Bertz CT molecular complexity index is 838. The summed E-state index contributed by atoms with van der Waals surface area (Å²) >= 11 is 0. The second kappa shape index (κ2) is 5.00. The maximum atomic E-state index is 11.0. The third kappa shape index (κ3) is 2.83. The van der Waals surface area contributed by atoms with Gasteiger partial charge in [0, 0.05) is 0 Å². The minimum Gasteiger partial charge on any atom is -0.268 e. The number of nitrogens with zero attached hydrogens (tertiary/aromatic N) is 1. The third-order valence-corrected chi connectivity index (χ3v) is 3.87.